The van der Waals surface area contributed by atoms with Crippen molar-refractivity contribution in [2.75, 3.05) is 6.54 Å². The molecule has 22 heavy (non-hydrogen) atoms. The summed E-state index contributed by atoms with van der Waals surface area (Å²) in [6, 6.07) is 5.65. The third kappa shape index (κ3) is 4.98. The number of amides is 1. The van der Waals surface area contributed by atoms with Gasteiger partial charge in [-0.2, -0.15) is 0 Å². The van der Waals surface area contributed by atoms with Crippen molar-refractivity contribution in [2.45, 2.75) is 40.5 Å². The maximum Gasteiger partial charge on any atom is 0.310 e. The van der Waals surface area contributed by atoms with Gasteiger partial charge in [-0.05, 0) is 39.3 Å². The molecule has 0 saturated carbocycles. The quantitative estimate of drug-likeness (QED) is 0.758. The van der Waals surface area contributed by atoms with E-state index in [1.54, 1.807) is 0 Å². The van der Waals surface area contributed by atoms with E-state index in [2.05, 4.69) is 5.32 Å². The van der Waals surface area contributed by atoms with Gasteiger partial charge in [-0.1, -0.05) is 17.7 Å². The molecule has 0 spiro atoms. The van der Waals surface area contributed by atoms with Crippen LogP contribution in [0, 0.1) is 19.3 Å². The maximum absolute atomic E-state index is 12.2. The Hall–Kier alpha value is -2.17. The van der Waals surface area contributed by atoms with Crippen LogP contribution >= 0.6 is 0 Å². The SMILES string of the molecule is Cc1ccc(C)c(C(=O)CCC(=O)NCC(C)(C)C(=O)O)c1. The summed E-state index contributed by atoms with van der Waals surface area (Å²) in [6.45, 7) is 6.89. The normalized spacial score (nSPS) is 11.1. The van der Waals surface area contributed by atoms with Crippen LogP contribution in [0.15, 0.2) is 18.2 Å². The Balaban J connectivity index is 2.52. The number of carboxylic acid groups (broad SMARTS) is 1. The van der Waals surface area contributed by atoms with Crippen LogP contribution in [-0.4, -0.2) is 29.3 Å². The molecule has 2 N–H and O–H groups in total. The zero-order chi connectivity index (χ0) is 16.9. The molecule has 1 rings (SSSR count). The molecule has 5 nitrogen and oxygen atoms in total. The molecule has 120 valence electrons. The molecule has 1 aromatic rings. The Morgan fingerprint density at radius 3 is 2.36 bits per heavy atom. The van der Waals surface area contributed by atoms with Gasteiger partial charge in [-0.15, -0.1) is 0 Å². The van der Waals surface area contributed by atoms with Crippen LogP contribution in [-0.2, 0) is 9.59 Å². The third-order valence-electron chi connectivity index (χ3n) is 3.58. The molecule has 0 atom stereocenters. The number of Topliss-reactive ketones (excluding diaryl/α,β-unsaturated/α-hetero) is 1. The van der Waals surface area contributed by atoms with Crippen molar-refractivity contribution >= 4 is 17.7 Å². The molecule has 0 radical (unpaired) electrons. The van der Waals surface area contributed by atoms with Crippen molar-refractivity contribution in [3.05, 3.63) is 34.9 Å². The summed E-state index contributed by atoms with van der Waals surface area (Å²) in [4.78, 5) is 34.8. The van der Waals surface area contributed by atoms with Crippen LogP contribution in [0.4, 0.5) is 0 Å². The molecule has 0 aliphatic carbocycles. The summed E-state index contributed by atoms with van der Waals surface area (Å²) < 4.78 is 0. The van der Waals surface area contributed by atoms with Crippen LogP contribution in [0.25, 0.3) is 0 Å². The summed E-state index contributed by atoms with van der Waals surface area (Å²) >= 11 is 0. The fraction of sp³-hybridized carbons (Fsp3) is 0.471. The van der Waals surface area contributed by atoms with Gasteiger partial charge < -0.3 is 10.4 Å². The molecule has 1 aromatic carbocycles. The first kappa shape index (κ1) is 17.9. The summed E-state index contributed by atoms with van der Waals surface area (Å²) in [5.41, 5.74) is 1.51. The lowest BCUT2D eigenvalue weighted by molar-refractivity contribution is -0.146. The highest BCUT2D eigenvalue weighted by Gasteiger charge is 2.27. The Morgan fingerprint density at radius 2 is 1.77 bits per heavy atom. The number of benzene rings is 1. The molecule has 0 aromatic heterocycles. The van der Waals surface area contributed by atoms with Crippen molar-refractivity contribution in [1.29, 1.82) is 0 Å². The van der Waals surface area contributed by atoms with Gasteiger partial charge in [-0.25, -0.2) is 0 Å². The molecule has 0 saturated heterocycles. The van der Waals surface area contributed by atoms with Crippen LogP contribution < -0.4 is 5.32 Å². The van der Waals surface area contributed by atoms with Gasteiger partial charge in [0.25, 0.3) is 0 Å². The second-order valence-electron chi connectivity index (χ2n) is 6.21. The molecule has 0 fully saturated rings. The molecule has 0 bridgehead atoms. The van der Waals surface area contributed by atoms with Crippen LogP contribution in [0.3, 0.4) is 0 Å². The van der Waals surface area contributed by atoms with Gasteiger partial charge in [0, 0.05) is 24.9 Å². The Bertz CT molecular complexity index is 590. The van der Waals surface area contributed by atoms with Crippen LogP contribution in [0.2, 0.25) is 0 Å². The molecule has 0 aliphatic heterocycles. The first-order valence-corrected chi connectivity index (χ1v) is 7.24. The van der Waals surface area contributed by atoms with Crippen molar-refractivity contribution in [2.24, 2.45) is 5.41 Å². The number of hydrogen-bond acceptors (Lipinski definition) is 3. The number of carbonyl (C=O) groups is 3. The lowest BCUT2D eigenvalue weighted by atomic mass is 9.94. The van der Waals surface area contributed by atoms with Crippen molar-refractivity contribution in [3.8, 4) is 0 Å². The number of carboxylic acids is 1. The molecule has 5 heteroatoms. The van der Waals surface area contributed by atoms with E-state index in [1.807, 2.05) is 32.0 Å². The Labute approximate surface area is 130 Å². The first-order chi connectivity index (χ1) is 10.1. The van der Waals surface area contributed by atoms with Gasteiger partial charge >= 0.3 is 5.97 Å². The largest absolute Gasteiger partial charge is 0.481 e. The van der Waals surface area contributed by atoms with E-state index in [-0.39, 0.29) is 31.1 Å². The van der Waals surface area contributed by atoms with E-state index in [9.17, 15) is 14.4 Å². The third-order valence-corrected chi connectivity index (χ3v) is 3.58. The number of carbonyl (C=O) groups excluding carboxylic acids is 2. The van der Waals surface area contributed by atoms with Crippen LogP contribution in [0.5, 0.6) is 0 Å². The number of hydrogen-bond donors (Lipinski definition) is 2. The fourth-order valence-electron chi connectivity index (χ4n) is 1.88. The van der Waals surface area contributed by atoms with Crippen molar-refractivity contribution < 1.29 is 19.5 Å². The average Bonchev–Trinajstić information content (AvgIpc) is 2.45. The van der Waals surface area contributed by atoms with E-state index in [0.29, 0.717) is 5.56 Å². The number of aliphatic carboxylic acids is 1. The monoisotopic (exact) mass is 305 g/mol. The lowest BCUT2D eigenvalue weighted by Crippen LogP contribution is -2.38. The topological polar surface area (TPSA) is 83.5 Å². The summed E-state index contributed by atoms with van der Waals surface area (Å²) in [5.74, 6) is -1.36. The molecular weight excluding hydrogens is 282 g/mol. The zero-order valence-corrected chi connectivity index (χ0v) is 13.5. The van der Waals surface area contributed by atoms with Crippen molar-refractivity contribution in [3.63, 3.8) is 0 Å². The minimum absolute atomic E-state index is 0.0405. The number of aryl methyl sites for hydroxylation is 2. The van der Waals surface area contributed by atoms with E-state index in [4.69, 9.17) is 5.11 Å². The number of rotatable bonds is 7. The lowest BCUT2D eigenvalue weighted by Gasteiger charge is -2.19. The van der Waals surface area contributed by atoms with Gasteiger partial charge in [0.1, 0.15) is 0 Å². The number of nitrogens with one attached hydrogen (secondary N) is 1. The summed E-state index contributed by atoms with van der Waals surface area (Å²) in [6.07, 6.45) is 0.172. The van der Waals surface area contributed by atoms with Crippen molar-refractivity contribution in [1.82, 2.24) is 5.32 Å². The van der Waals surface area contributed by atoms with E-state index in [0.717, 1.165) is 11.1 Å². The fourth-order valence-corrected chi connectivity index (χ4v) is 1.88. The highest BCUT2D eigenvalue weighted by Crippen LogP contribution is 2.15. The van der Waals surface area contributed by atoms with Gasteiger partial charge in [0.15, 0.2) is 5.78 Å². The second-order valence-corrected chi connectivity index (χ2v) is 6.21. The van der Waals surface area contributed by atoms with Gasteiger partial charge in [0.2, 0.25) is 5.91 Å². The van der Waals surface area contributed by atoms with E-state index >= 15 is 0 Å². The first-order valence-electron chi connectivity index (χ1n) is 7.24. The second kappa shape index (κ2) is 7.20. The molecule has 0 unspecified atom stereocenters. The Morgan fingerprint density at radius 1 is 1.14 bits per heavy atom. The van der Waals surface area contributed by atoms with E-state index in [1.165, 1.54) is 13.8 Å². The minimum atomic E-state index is -1.02. The molecule has 0 aliphatic rings. The van der Waals surface area contributed by atoms with E-state index < -0.39 is 11.4 Å². The maximum atomic E-state index is 12.2. The van der Waals surface area contributed by atoms with Gasteiger partial charge in [-0.3, -0.25) is 14.4 Å². The van der Waals surface area contributed by atoms with Gasteiger partial charge in [0.05, 0.1) is 5.41 Å². The number of ketones is 1. The highest BCUT2D eigenvalue weighted by molar-refractivity contribution is 5.99. The summed E-state index contributed by atoms with van der Waals surface area (Å²) in [7, 11) is 0. The predicted octanol–water partition coefficient (Wildman–Crippen LogP) is 2.49. The Kier molecular flexibility index (Phi) is 5.85. The zero-order valence-electron chi connectivity index (χ0n) is 13.5. The predicted molar refractivity (Wildman–Crippen MR) is 83.9 cm³/mol. The smallest absolute Gasteiger partial charge is 0.310 e. The highest BCUT2D eigenvalue weighted by atomic mass is 16.4. The standard InChI is InChI=1S/C17H23NO4/c1-11-5-6-12(2)13(9-11)14(19)7-8-15(20)18-10-17(3,4)16(21)22/h5-6,9H,7-8,10H2,1-4H3,(H,18,20)(H,21,22). The molecular formula is C17H23NO4. The van der Waals surface area contributed by atoms with Crippen LogP contribution in [0.1, 0.15) is 48.2 Å². The molecule has 0 heterocycles. The minimum Gasteiger partial charge on any atom is -0.481 e. The average molecular weight is 305 g/mol. The summed E-state index contributed by atoms with van der Waals surface area (Å²) in [5, 5.41) is 11.5. The molecule has 1 amide bonds.